The van der Waals surface area contributed by atoms with Crippen LogP contribution in [0.5, 0.6) is 0 Å². The first-order chi connectivity index (χ1) is 1.73. The maximum absolute atomic E-state index is 9.21. The average molecular weight is 80.5 g/mol. The van der Waals surface area contributed by atoms with Crippen molar-refractivity contribution in [2.45, 2.75) is 6.92 Å². The first kappa shape index (κ1) is 3.96. The van der Waals surface area contributed by atoms with Crippen LogP contribution in [-0.4, -0.2) is 5.24 Å². The molecule has 0 bridgehead atoms. The average Bonchev–Trinajstić information content (AvgIpc) is 0.811. The molecule has 0 rings (SSSR count). The van der Waals surface area contributed by atoms with Gasteiger partial charge in [-0.05, 0) is 11.6 Å². The number of carbonyl (C=O) groups excluding carboxylic acids is 1. The van der Waals surface area contributed by atoms with Crippen molar-refractivity contribution in [2.24, 2.45) is 0 Å². The summed E-state index contributed by atoms with van der Waals surface area (Å²) < 4.78 is 0. The highest BCUT2D eigenvalue weighted by Crippen LogP contribution is 1.67. The van der Waals surface area contributed by atoms with E-state index in [9.17, 15) is 4.79 Å². The fraction of sp³-hybridized carbons (Fsp3) is 0.500. The molecule has 0 unspecified atom stereocenters. The van der Waals surface area contributed by atoms with Gasteiger partial charge in [-0.15, -0.1) is 0 Å². The molecule has 0 fully saturated rings. The van der Waals surface area contributed by atoms with Crippen LogP contribution in [0, 0.1) is 0 Å². The summed E-state index contributed by atoms with van der Waals surface area (Å²) in [7, 11) is 0. The first-order valence-corrected chi connectivity index (χ1v) is 1.27. The minimum absolute atomic E-state index is 0.361. The highest BCUT2D eigenvalue weighted by atomic mass is 35.5. The van der Waals surface area contributed by atoms with Crippen LogP contribution in [0.4, 0.5) is 0 Å². The molecule has 2 heteroatoms. The largest absolute Gasteiger partial charge is 0.282 e. The molecule has 1 nitrogen and oxygen atoms in total. The van der Waals surface area contributed by atoms with E-state index >= 15 is 0 Å². The van der Waals surface area contributed by atoms with E-state index in [1.54, 1.807) is 0 Å². The van der Waals surface area contributed by atoms with Gasteiger partial charge in [0.2, 0.25) is 5.24 Å². The second-order valence-electron chi connectivity index (χ2n) is 0.470. The molecule has 0 aromatic carbocycles. The van der Waals surface area contributed by atoms with Crippen molar-refractivity contribution in [3.8, 4) is 0 Å². The van der Waals surface area contributed by atoms with Crippen molar-refractivity contribution in [3.05, 3.63) is 0 Å². The minimum atomic E-state index is -0.361. The van der Waals surface area contributed by atoms with E-state index in [0.717, 1.165) is 0 Å². The lowest BCUT2D eigenvalue weighted by Crippen LogP contribution is -1.62. The Labute approximate surface area is 29.6 Å². The molecule has 0 amide bonds. The summed E-state index contributed by atoms with van der Waals surface area (Å²) in [4.78, 5) is 9.21. The molecule has 0 saturated carbocycles. The van der Waals surface area contributed by atoms with Crippen LogP contribution in [0.3, 0.4) is 0 Å². The molecular weight excluding hydrogens is 77.5 g/mol. The standard InChI is InChI=1S/C2H3ClO/c1-2(3)4/h1H3/i2+2. The normalized spacial score (nSPS) is 6.50. The van der Waals surface area contributed by atoms with Crippen LogP contribution < -0.4 is 0 Å². The zero-order chi connectivity index (χ0) is 3.58. The fourth-order valence-electron chi connectivity index (χ4n) is 0. The number of rotatable bonds is 0. The second kappa shape index (κ2) is 1.30. The quantitative estimate of drug-likeness (QED) is 0.393. The smallest absolute Gasteiger partial charge is 0.218 e. The Morgan fingerprint density at radius 1 is 2.00 bits per heavy atom. The van der Waals surface area contributed by atoms with E-state index < -0.39 is 0 Å². The first-order valence-electron chi connectivity index (χ1n) is 0.893. The highest BCUT2D eigenvalue weighted by molar-refractivity contribution is 6.62. The molecule has 0 aromatic heterocycles. The molecule has 0 aliphatic heterocycles. The molecule has 0 radical (unpaired) electrons. The van der Waals surface area contributed by atoms with Crippen molar-refractivity contribution >= 4 is 16.8 Å². The second-order valence-corrected chi connectivity index (χ2v) is 1.00. The van der Waals surface area contributed by atoms with E-state index in [2.05, 4.69) is 11.6 Å². The third-order valence-corrected chi connectivity index (χ3v) is 0. The molecule has 0 aliphatic carbocycles. The Morgan fingerprint density at radius 2 is 2.00 bits per heavy atom. The van der Waals surface area contributed by atoms with Gasteiger partial charge in [0, 0.05) is 6.92 Å². The van der Waals surface area contributed by atoms with Gasteiger partial charge in [0.1, 0.15) is 0 Å². The van der Waals surface area contributed by atoms with Crippen LogP contribution in [0.1, 0.15) is 6.92 Å². The molecule has 24 valence electrons. The lowest BCUT2D eigenvalue weighted by molar-refractivity contribution is -0.109. The predicted molar refractivity (Wildman–Crippen MR) is 16.5 cm³/mol. The third-order valence-electron chi connectivity index (χ3n) is 0. The van der Waals surface area contributed by atoms with Crippen LogP contribution >= 0.6 is 11.6 Å². The molecule has 0 atom stereocenters. The van der Waals surface area contributed by atoms with E-state index in [1.165, 1.54) is 6.92 Å². The van der Waals surface area contributed by atoms with Gasteiger partial charge in [0.05, 0.1) is 0 Å². The number of hydrogen-bond acceptors (Lipinski definition) is 1. The zero-order valence-corrected chi connectivity index (χ0v) is 3.04. The summed E-state index contributed by atoms with van der Waals surface area (Å²) in [5.41, 5.74) is 0. The summed E-state index contributed by atoms with van der Waals surface area (Å²) in [5, 5.41) is -0.361. The van der Waals surface area contributed by atoms with Crippen molar-refractivity contribution in [1.29, 1.82) is 0 Å². The van der Waals surface area contributed by atoms with Crippen LogP contribution in [-0.2, 0) is 4.79 Å². The molecule has 0 heterocycles. The fourth-order valence-corrected chi connectivity index (χ4v) is 0. The van der Waals surface area contributed by atoms with Gasteiger partial charge in [-0.3, -0.25) is 4.79 Å². The minimum Gasteiger partial charge on any atom is -0.282 e. The molecule has 0 spiro atoms. The Morgan fingerprint density at radius 3 is 2.00 bits per heavy atom. The maximum atomic E-state index is 9.21. The number of hydrogen-bond donors (Lipinski definition) is 0. The molecule has 0 aromatic rings. The van der Waals surface area contributed by atoms with Gasteiger partial charge in [0.25, 0.3) is 0 Å². The van der Waals surface area contributed by atoms with Gasteiger partial charge in [-0.1, -0.05) is 0 Å². The van der Waals surface area contributed by atoms with Crippen molar-refractivity contribution in [1.82, 2.24) is 0 Å². The SMILES string of the molecule is C[14C](=O)Cl. The summed E-state index contributed by atoms with van der Waals surface area (Å²) in [5.74, 6) is 0. The van der Waals surface area contributed by atoms with Gasteiger partial charge >= 0.3 is 0 Å². The van der Waals surface area contributed by atoms with Crippen molar-refractivity contribution in [2.75, 3.05) is 0 Å². The lowest BCUT2D eigenvalue weighted by atomic mass is 11.6. The summed E-state index contributed by atoms with van der Waals surface area (Å²) in [6.07, 6.45) is 0. The van der Waals surface area contributed by atoms with E-state index in [1.807, 2.05) is 0 Å². The van der Waals surface area contributed by atoms with Crippen LogP contribution in [0.25, 0.3) is 0 Å². The molecule has 4 heavy (non-hydrogen) atoms. The van der Waals surface area contributed by atoms with Crippen molar-refractivity contribution < 1.29 is 4.79 Å². The van der Waals surface area contributed by atoms with Crippen LogP contribution in [0.15, 0.2) is 0 Å². The molecular formula is C2H3ClO. The van der Waals surface area contributed by atoms with Gasteiger partial charge in [0.15, 0.2) is 0 Å². The maximum Gasteiger partial charge on any atom is 0.218 e. The molecule has 0 aliphatic rings. The van der Waals surface area contributed by atoms with Crippen molar-refractivity contribution in [3.63, 3.8) is 0 Å². The van der Waals surface area contributed by atoms with Crippen LogP contribution in [0.2, 0.25) is 0 Å². The molecule has 0 saturated heterocycles. The van der Waals surface area contributed by atoms with E-state index in [4.69, 9.17) is 0 Å². The topological polar surface area (TPSA) is 17.1 Å². The Bertz CT molecular complexity index is 29.0. The Hall–Kier alpha value is -0.0400. The van der Waals surface area contributed by atoms with Gasteiger partial charge < -0.3 is 0 Å². The summed E-state index contributed by atoms with van der Waals surface area (Å²) >= 11 is 4.64. The number of carbonyl (C=O) groups is 1. The lowest BCUT2D eigenvalue weighted by Gasteiger charge is -1.52. The van der Waals surface area contributed by atoms with E-state index in [0.29, 0.717) is 0 Å². The summed E-state index contributed by atoms with van der Waals surface area (Å²) in [6.45, 7) is 1.29. The van der Waals surface area contributed by atoms with Gasteiger partial charge in [-0.25, -0.2) is 0 Å². The third kappa shape index (κ3) is 1130. The zero-order valence-electron chi connectivity index (χ0n) is 2.29. The molecule has 0 N–H and O–H groups in total. The highest BCUT2D eigenvalue weighted by Gasteiger charge is 1.67. The Kier molecular flexibility index (Phi) is 1.28. The monoisotopic (exact) mass is 80.0 g/mol. The van der Waals surface area contributed by atoms with Gasteiger partial charge in [-0.2, -0.15) is 0 Å². The number of halogens is 1. The predicted octanol–water partition coefficient (Wildman–Crippen LogP) is 0.772. The Balaban J connectivity index is 2.80. The van der Waals surface area contributed by atoms with E-state index in [-0.39, 0.29) is 5.24 Å². The summed E-state index contributed by atoms with van der Waals surface area (Å²) in [6, 6.07) is 0.